The molecule has 0 aromatic carbocycles. The molecule has 8 atom stereocenters. The Morgan fingerprint density at radius 2 is 1.65 bits per heavy atom. The van der Waals surface area contributed by atoms with Crippen LogP contribution in [0.15, 0.2) is 0 Å². The van der Waals surface area contributed by atoms with Crippen molar-refractivity contribution in [2.45, 2.75) is 57.9 Å². The Morgan fingerprint density at radius 1 is 0.882 bits per heavy atom. The van der Waals surface area contributed by atoms with Crippen LogP contribution in [0.3, 0.4) is 0 Å². The highest BCUT2D eigenvalue weighted by Crippen LogP contribution is 2.80. The van der Waals surface area contributed by atoms with Crippen molar-refractivity contribution in [3.8, 4) is 0 Å². The summed E-state index contributed by atoms with van der Waals surface area (Å²) in [6.45, 7) is 5.19. The van der Waals surface area contributed by atoms with Gasteiger partial charge in [0, 0.05) is 5.54 Å². The molecule has 1 nitrogen and oxygen atoms in total. The summed E-state index contributed by atoms with van der Waals surface area (Å²) in [6, 6.07) is 0. The van der Waals surface area contributed by atoms with Gasteiger partial charge in [0.25, 0.3) is 0 Å². The summed E-state index contributed by atoms with van der Waals surface area (Å²) in [5.41, 5.74) is 8.45. The van der Waals surface area contributed by atoms with Crippen molar-refractivity contribution in [1.82, 2.24) is 0 Å². The van der Waals surface area contributed by atoms with Crippen LogP contribution in [-0.2, 0) is 0 Å². The number of rotatable bonds is 0. The van der Waals surface area contributed by atoms with Gasteiger partial charge >= 0.3 is 0 Å². The zero-order valence-corrected chi connectivity index (χ0v) is 11.2. The van der Waals surface area contributed by atoms with E-state index in [0.717, 1.165) is 29.6 Å². The van der Waals surface area contributed by atoms with Crippen LogP contribution in [0.1, 0.15) is 52.4 Å². The summed E-state index contributed by atoms with van der Waals surface area (Å²) in [4.78, 5) is 0. The van der Waals surface area contributed by atoms with E-state index < -0.39 is 0 Å². The monoisotopic (exact) mass is 231 g/mol. The van der Waals surface area contributed by atoms with Crippen LogP contribution in [0.25, 0.3) is 0 Å². The maximum Gasteiger partial charge on any atom is 0.0248 e. The van der Waals surface area contributed by atoms with Crippen molar-refractivity contribution in [1.29, 1.82) is 0 Å². The van der Waals surface area contributed by atoms with E-state index in [0.29, 0.717) is 10.8 Å². The van der Waals surface area contributed by atoms with E-state index in [2.05, 4.69) is 13.8 Å². The third-order valence-electron chi connectivity index (χ3n) is 8.44. The second-order valence-electron chi connectivity index (χ2n) is 8.78. The normalized spacial score (nSPS) is 74.6. The maximum absolute atomic E-state index is 7.07. The third kappa shape index (κ3) is 0.760. The second-order valence-corrected chi connectivity index (χ2v) is 8.78. The lowest BCUT2D eigenvalue weighted by molar-refractivity contribution is -0.296. The molecule has 7 saturated carbocycles. The van der Waals surface area contributed by atoms with Crippen LogP contribution in [0.5, 0.6) is 0 Å². The van der Waals surface area contributed by atoms with Gasteiger partial charge in [-0.05, 0) is 78.9 Å². The second kappa shape index (κ2) is 2.35. The van der Waals surface area contributed by atoms with Crippen LogP contribution in [0.4, 0.5) is 0 Å². The Morgan fingerprint density at radius 3 is 2.47 bits per heavy atom. The molecule has 0 unspecified atom stereocenters. The van der Waals surface area contributed by atoms with Gasteiger partial charge in [0.2, 0.25) is 0 Å². The van der Waals surface area contributed by atoms with Gasteiger partial charge in [0.05, 0.1) is 0 Å². The standard InChI is InChI=1S/C16H25N/c1-14-6-10-4-12-11(14)3-9-5-13(14)16(17,8-10)15(12,2)7-9/h9-13H,3-8,17H2,1-2H3/t9-,10+,11-,12-,13-,14+,15+,16-/m0/s1. The van der Waals surface area contributed by atoms with Crippen molar-refractivity contribution in [2.24, 2.45) is 46.2 Å². The quantitative estimate of drug-likeness (QED) is 0.681. The van der Waals surface area contributed by atoms with E-state index in [9.17, 15) is 0 Å². The topological polar surface area (TPSA) is 26.0 Å². The van der Waals surface area contributed by atoms with Crippen molar-refractivity contribution >= 4 is 0 Å². The summed E-state index contributed by atoms with van der Waals surface area (Å²) in [5, 5.41) is 0. The maximum atomic E-state index is 7.07. The molecule has 8 bridgehead atoms. The number of hydrogen-bond donors (Lipinski definition) is 1. The van der Waals surface area contributed by atoms with E-state index >= 15 is 0 Å². The fraction of sp³-hybridized carbons (Fsp3) is 1.00. The Balaban J connectivity index is 1.80. The summed E-state index contributed by atoms with van der Waals surface area (Å²) in [6.07, 6.45) is 8.88. The van der Waals surface area contributed by atoms with Gasteiger partial charge < -0.3 is 5.73 Å². The highest BCUT2D eigenvalue weighted by atomic mass is 14.9. The Labute approximate surface area is 105 Å². The first-order chi connectivity index (χ1) is 7.97. The molecule has 0 aromatic heterocycles. The van der Waals surface area contributed by atoms with Gasteiger partial charge in [-0.25, -0.2) is 0 Å². The minimum Gasteiger partial charge on any atom is -0.324 e. The predicted molar refractivity (Wildman–Crippen MR) is 68.3 cm³/mol. The molecule has 2 N–H and O–H groups in total. The molecule has 7 fully saturated rings. The van der Waals surface area contributed by atoms with E-state index in [1.54, 1.807) is 6.42 Å². The molecule has 0 spiro atoms. The average molecular weight is 231 g/mol. The first kappa shape index (κ1) is 9.83. The molecule has 94 valence electrons. The molecule has 0 radical (unpaired) electrons. The molecule has 7 aliphatic carbocycles. The van der Waals surface area contributed by atoms with Crippen LogP contribution in [0, 0.1) is 40.4 Å². The van der Waals surface area contributed by atoms with Gasteiger partial charge in [-0.15, -0.1) is 0 Å². The lowest BCUT2D eigenvalue weighted by Gasteiger charge is -2.81. The van der Waals surface area contributed by atoms with Gasteiger partial charge in [-0.3, -0.25) is 0 Å². The van der Waals surface area contributed by atoms with Gasteiger partial charge in [-0.2, -0.15) is 0 Å². The van der Waals surface area contributed by atoms with Crippen LogP contribution >= 0.6 is 0 Å². The van der Waals surface area contributed by atoms with E-state index in [1.165, 1.54) is 32.1 Å². The smallest absolute Gasteiger partial charge is 0.0248 e. The fourth-order valence-corrected chi connectivity index (χ4v) is 8.09. The van der Waals surface area contributed by atoms with Crippen molar-refractivity contribution in [3.63, 3.8) is 0 Å². The zero-order valence-electron chi connectivity index (χ0n) is 11.2. The minimum absolute atomic E-state index is 0.223. The molecule has 0 aliphatic heterocycles. The Hall–Kier alpha value is -0.0400. The molecule has 0 heterocycles. The molecule has 1 heteroatoms. The van der Waals surface area contributed by atoms with E-state index in [-0.39, 0.29) is 5.54 Å². The Kier molecular flexibility index (Phi) is 1.36. The first-order valence-electron chi connectivity index (χ1n) is 7.76. The van der Waals surface area contributed by atoms with Crippen molar-refractivity contribution in [2.75, 3.05) is 0 Å². The molecule has 17 heavy (non-hydrogen) atoms. The number of nitrogens with two attached hydrogens (primary N) is 1. The highest BCUT2D eigenvalue weighted by Gasteiger charge is 2.76. The van der Waals surface area contributed by atoms with Gasteiger partial charge in [-0.1, -0.05) is 13.8 Å². The van der Waals surface area contributed by atoms with E-state index in [1.807, 2.05) is 0 Å². The summed E-state index contributed by atoms with van der Waals surface area (Å²) < 4.78 is 0. The van der Waals surface area contributed by atoms with Crippen LogP contribution in [0.2, 0.25) is 0 Å². The average Bonchev–Trinajstić information content (AvgIpc) is 2.25. The fourth-order valence-electron chi connectivity index (χ4n) is 8.09. The van der Waals surface area contributed by atoms with Gasteiger partial charge in [0.1, 0.15) is 0 Å². The van der Waals surface area contributed by atoms with Crippen LogP contribution < -0.4 is 5.73 Å². The largest absolute Gasteiger partial charge is 0.324 e. The summed E-state index contributed by atoms with van der Waals surface area (Å²) >= 11 is 0. The molecule has 7 rings (SSSR count). The molecular weight excluding hydrogens is 206 g/mol. The molecular formula is C16H25N. The lowest BCUT2D eigenvalue weighted by atomic mass is 9.25. The first-order valence-corrected chi connectivity index (χ1v) is 7.76. The highest BCUT2D eigenvalue weighted by molar-refractivity contribution is 5.28. The molecule has 7 aliphatic rings. The summed E-state index contributed by atoms with van der Waals surface area (Å²) in [5.74, 6) is 4.90. The van der Waals surface area contributed by atoms with Gasteiger partial charge in [0.15, 0.2) is 0 Å². The molecule has 0 aromatic rings. The lowest BCUT2D eigenvalue weighted by Crippen LogP contribution is -2.81. The third-order valence-corrected chi connectivity index (χ3v) is 8.44. The molecule has 0 saturated heterocycles. The van der Waals surface area contributed by atoms with Crippen LogP contribution in [-0.4, -0.2) is 5.54 Å². The number of hydrogen-bond acceptors (Lipinski definition) is 1. The summed E-state index contributed by atoms with van der Waals surface area (Å²) in [7, 11) is 0. The van der Waals surface area contributed by atoms with Crippen molar-refractivity contribution < 1.29 is 0 Å². The Bertz CT molecular complexity index is 418. The predicted octanol–water partition coefficient (Wildman–Crippen LogP) is 3.19. The van der Waals surface area contributed by atoms with Crippen molar-refractivity contribution in [3.05, 3.63) is 0 Å². The SMILES string of the molecule is C[C@@]12C[C@H]3C[C@H]4[C@@H]1C[C@H]1C[C@@H]2[C@@](N)(C3)[C@]4(C)C1. The zero-order chi connectivity index (χ0) is 11.6. The van der Waals surface area contributed by atoms with E-state index in [4.69, 9.17) is 5.73 Å². The minimum atomic E-state index is 0.223. The molecule has 0 amide bonds.